The van der Waals surface area contributed by atoms with Gasteiger partial charge >= 0.3 is 6.18 Å². The molecule has 2 bridgehead atoms. The minimum atomic E-state index is -4.81. The first-order valence-corrected chi connectivity index (χ1v) is 10.2. The number of nitriles is 1. The Balaban J connectivity index is 1.54. The second-order valence-corrected chi connectivity index (χ2v) is 8.94. The average Bonchev–Trinajstić information content (AvgIpc) is 3.13. The van der Waals surface area contributed by atoms with Gasteiger partial charge in [0.1, 0.15) is 0 Å². The first-order chi connectivity index (χ1) is 15.5. The van der Waals surface area contributed by atoms with Gasteiger partial charge in [-0.1, -0.05) is 0 Å². The number of imide groups is 1. The zero-order valence-corrected chi connectivity index (χ0v) is 17.6. The van der Waals surface area contributed by atoms with Gasteiger partial charge in [-0.05, 0) is 38.1 Å². The molecule has 33 heavy (non-hydrogen) atoms. The van der Waals surface area contributed by atoms with Gasteiger partial charge in [0.05, 0.1) is 59.0 Å². The molecule has 5 rings (SSSR count). The van der Waals surface area contributed by atoms with Gasteiger partial charge < -0.3 is 9.64 Å². The van der Waals surface area contributed by atoms with Crippen LogP contribution in [0, 0.1) is 23.2 Å². The van der Waals surface area contributed by atoms with E-state index in [9.17, 15) is 22.8 Å². The summed E-state index contributed by atoms with van der Waals surface area (Å²) in [5, 5.41) is 9.04. The number of rotatable bonds is 2. The lowest BCUT2D eigenvalue weighted by molar-refractivity contribution is -0.142. The minimum Gasteiger partial charge on any atom is -0.364 e. The van der Waals surface area contributed by atoms with Crippen LogP contribution in [0.5, 0.6) is 0 Å². The van der Waals surface area contributed by atoms with Crippen molar-refractivity contribution in [2.24, 2.45) is 11.8 Å². The molecule has 0 radical (unpaired) electrons. The summed E-state index contributed by atoms with van der Waals surface area (Å²) in [5.41, 5.74) is -4.13. The molecule has 0 saturated carbocycles. The van der Waals surface area contributed by atoms with Crippen LogP contribution >= 0.6 is 0 Å². The van der Waals surface area contributed by atoms with E-state index in [1.54, 1.807) is 32.3 Å². The highest BCUT2D eigenvalue weighted by Crippen LogP contribution is 2.56. The van der Waals surface area contributed by atoms with Crippen LogP contribution < -0.4 is 9.80 Å². The second-order valence-electron chi connectivity index (χ2n) is 8.94. The van der Waals surface area contributed by atoms with Crippen molar-refractivity contribution in [3.8, 4) is 6.07 Å². The molecule has 3 fully saturated rings. The largest absolute Gasteiger partial charge is 0.417 e. The maximum absolute atomic E-state index is 13.5. The summed E-state index contributed by atoms with van der Waals surface area (Å²) in [5.74, 6) is -2.56. The SMILES string of the molecule is C[C@]12CN(c3ncccn3)C[C@](C)(O1)[C@@H]1C(=O)N(c3ccc(C#N)c(C(F)(F)F)c3)C(=O)[C@@H]12. The molecule has 3 aliphatic heterocycles. The standard InChI is InChI=1S/C22H18F3N5O3/c1-20-10-29(19-27-6-3-7-28-19)11-21(2,33-20)16-15(20)17(31)30(18(16)32)13-5-4-12(9-26)14(8-13)22(23,24)25/h3-8,15-16H,10-11H2,1-2H3/t15-,16+,20-,21+. The number of hydrogen-bond acceptors (Lipinski definition) is 7. The topological polar surface area (TPSA) is 99.4 Å². The molecule has 0 unspecified atom stereocenters. The highest BCUT2D eigenvalue weighted by Gasteiger charge is 2.72. The molecule has 0 N–H and O–H groups in total. The van der Waals surface area contributed by atoms with Gasteiger partial charge in [-0.2, -0.15) is 18.4 Å². The Morgan fingerprint density at radius 3 is 2.18 bits per heavy atom. The molecule has 2 amide bonds. The fraction of sp³-hybridized carbons (Fsp3) is 0.409. The summed E-state index contributed by atoms with van der Waals surface area (Å²) in [6.07, 6.45) is -1.63. The molecule has 11 heteroatoms. The third-order valence-electron chi connectivity index (χ3n) is 6.62. The van der Waals surface area contributed by atoms with Crippen LogP contribution in [0.1, 0.15) is 25.0 Å². The zero-order valence-electron chi connectivity index (χ0n) is 17.6. The molecule has 0 spiro atoms. The van der Waals surface area contributed by atoms with Gasteiger partial charge in [0.2, 0.25) is 17.8 Å². The maximum Gasteiger partial charge on any atom is 0.417 e. The Labute approximate surface area is 186 Å². The van der Waals surface area contributed by atoms with Gasteiger partial charge in [-0.25, -0.2) is 14.9 Å². The van der Waals surface area contributed by atoms with Gasteiger partial charge in [-0.15, -0.1) is 0 Å². The van der Waals surface area contributed by atoms with Crippen molar-refractivity contribution in [3.63, 3.8) is 0 Å². The van der Waals surface area contributed by atoms with Crippen molar-refractivity contribution in [1.29, 1.82) is 5.26 Å². The van der Waals surface area contributed by atoms with Crippen LogP contribution in [0.15, 0.2) is 36.7 Å². The lowest BCUT2D eigenvalue weighted by Gasteiger charge is -2.44. The van der Waals surface area contributed by atoms with E-state index in [-0.39, 0.29) is 18.8 Å². The van der Waals surface area contributed by atoms with Crippen molar-refractivity contribution in [2.45, 2.75) is 31.2 Å². The number of nitrogens with zero attached hydrogens (tertiary/aromatic N) is 5. The highest BCUT2D eigenvalue weighted by molar-refractivity contribution is 6.23. The maximum atomic E-state index is 13.5. The van der Waals surface area contributed by atoms with Crippen molar-refractivity contribution >= 4 is 23.5 Å². The average molecular weight is 457 g/mol. The van der Waals surface area contributed by atoms with Crippen LogP contribution in [0.25, 0.3) is 0 Å². The molecule has 0 aliphatic carbocycles. The number of amides is 2. The van der Waals surface area contributed by atoms with Gasteiger partial charge in [0.15, 0.2) is 0 Å². The number of ether oxygens (including phenoxy) is 1. The first-order valence-electron chi connectivity index (χ1n) is 10.2. The number of hydrogen-bond donors (Lipinski definition) is 0. The number of carbonyl (C=O) groups excluding carboxylic acids is 2. The third kappa shape index (κ3) is 3.01. The highest BCUT2D eigenvalue weighted by atomic mass is 19.4. The van der Waals surface area contributed by atoms with Crippen LogP contribution in [0.2, 0.25) is 0 Å². The Bertz CT molecular complexity index is 1180. The number of alkyl halides is 3. The quantitative estimate of drug-likeness (QED) is 0.639. The summed E-state index contributed by atoms with van der Waals surface area (Å²) in [6.45, 7) is 3.92. The van der Waals surface area contributed by atoms with E-state index in [2.05, 4.69) is 9.97 Å². The number of anilines is 2. The fourth-order valence-electron chi connectivity index (χ4n) is 5.49. The van der Waals surface area contributed by atoms with E-state index in [0.29, 0.717) is 12.0 Å². The molecule has 1 aromatic heterocycles. The Morgan fingerprint density at radius 2 is 1.67 bits per heavy atom. The molecule has 170 valence electrons. The lowest BCUT2D eigenvalue weighted by atomic mass is 9.79. The van der Waals surface area contributed by atoms with Crippen LogP contribution in [-0.4, -0.2) is 46.1 Å². The number of aromatic nitrogens is 2. The van der Waals surface area contributed by atoms with Crippen LogP contribution in [0.3, 0.4) is 0 Å². The van der Waals surface area contributed by atoms with Crippen molar-refractivity contribution in [1.82, 2.24) is 9.97 Å². The third-order valence-corrected chi connectivity index (χ3v) is 6.62. The number of halogens is 3. The second kappa shape index (κ2) is 6.74. The predicted octanol–water partition coefficient (Wildman–Crippen LogP) is 2.54. The van der Waals surface area contributed by atoms with Gasteiger partial charge in [0.25, 0.3) is 0 Å². The van der Waals surface area contributed by atoms with E-state index in [1.807, 2.05) is 4.90 Å². The van der Waals surface area contributed by atoms with E-state index >= 15 is 0 Å². The lowest BCUT2D eigenvalue weighted by Crippen LogP contribution is -2.58. The minimum absolute atomic E-state index is 0.209. The molecule has 1 aromatic carbocycles. The van der Waals surface area contributed by atoms with E-state index < -0.39 is 52.2 Å². The normalized spacial score (nSPS) is 31.0. The summed E-state index contributed by atoms with van der Waals surface area (Å²) in [6, 6.07) is 6.02. The Hall–Kier alpha value is -3.52. The van der Waals surface area contributed by atoms with Crippen molar-refractivity contribution < 1.29 is 27.5 Å². The molecule has 4 atom stereocenters. The number of morpholine rings is 1. The summed E-state index contributed by atoms with van der Waals surface area (Å²) in [4.78, 5) is 38.1. The fourth-order valence-corrected chi connectivity index (χ4v) is 5.49. The van der Waals surface area contributed by atoms with Crippen LogP contribution in [-0.2, 0) is 20.5 Å². The molecule has 3 saturated heterocycles. The molecule has 4 heterocycles. The van der Waals surface area contributed by atoms with Crippen molar-refractivity contribution in [3.05, 3.63) is 47.8 Å². The van der Waals surface area contributed by atoms with E-state index in [0.717, 1.165) is 11.0 Å². The van der Waals surface area contributed by atoms with Gasteiger partial charge in [0, 0.05) is 12.4 Å². The molecular weight excluding hydrogens is 439 g/mol. The smallest absolute Gasteiger partial charge is 0.364 e. The molecule has 3 aliphatic rings. The molecule has 2 aromatic rings. The number of carbonyl (C=O) groups is 2. The predicted molar refractivity (Wildman–Crippen MR) is 108 cm³/mol. The van der Waals surface area contributed by atoms with Gasteiger partial charge in [-0.3, -0.25) is 9.59 Å². The number of fused-ring (bicyclic) bond motifs is 5. The monoisotopic (exact) mass is 457 g/mol. The summed E-state index contributed by atoms with van der Waals surface area (Å²) < 4.78 is 46.6. The summed E-state index contributed by atoms with van der Waals surface area (Å²) in [7, 11) is 0. The number of benzene rings is 1. The van der Waals surface area contributed by atoms with E-state index in [1.165, 1.54) is 12.1 Å². The summed E-state index contributed by atoms with van der Waals surface area (Å²) >= 11 is 0. The Morgan fingerprint density at radius 1 is 1.09 bits per heavy atom. The molecule has 8 nitrogen and oxygen atoms in total. The first kappa shape index (κ1) is 21.3. The van der Waals surface area contributed by atoms with E-state index in [4.69, 9.17) is 10.00 Å². The Kier molecular flexibility index (Phi) is 4.36. The zero-order chi connectivity index (χ0) is 23.8. The molecular formula is C22H18F3N5O3. The van der Waals surface area contributed by atoms with Crippen LogP contribution in [0.4, 0.5) is 24.8 Å². The van der Waals surface area contributed by atoms with Crippen molar-refractivity contribution in [2.75, 3.05) is 22.9 Å².